The Morgan fingerprint density at radius 3 is 2.46 bits per heavy atom. The topological polar surface area (TPSA) is 105 Å². The number of carbonyl (C=O) groups is 1. The summed E-state index contributed by atoms with van der Waals surface area (Å²) in [6.07, 6.45) is 0.00657. The normalized spacial score (nSPS) is 14.5. The minimum absolute atomic E-state index is 0.00657. The van der Waals surface area contributed by atoms with Gasteiger partial charge >= 0.3 is 5.97 Å². The summed E-state index contributed by atoms with van der Waals surface area (Å²) in [4.78, 5) is 22.7. The van der Waals surface area contributed by atoms with Crippen molar-refractivity contribution < 1.29 is 22.3 Å². The van der Waals surface area contributed by atoms with E-state index in [0.717, 1.165) is 5.69 Å². The van der Waals surface area contributed by atoms with E-state index in [1.165, 1.54) is 35.7 Å². The van der Waals surface area contributed by atoms with Crippen molar-refractivity contribution in [2.75, 3.05) is 43.5 Å². The third-order valence-electron chi connectivity index (χ3n) is 5.59. The molecule has 11 heteroatoms. The first-order chi connectivity index (χ1) is 16.7. The molecule has 9 nitrogen and oxygen atoms in total. The highest BCUT2D eigenvalue weighted by atomic mass is 32.2. The molecule has 3 aromatic rings. The van der Waals surface area contributed by atoms with Gasteiger partial charge < -0.3 is 15.0 Å². The summed E-state index contributed by atoms with van der Waals surface area (Å²) >= 11 is 0. The van der Waals surface area contributed by atoms with Crippen molar-refractivity contribution in [1.29, 1.82) is 0 Å². The average molecular weight is 500 g/mol. The number of benzene rings is 2. The van der Waals surface area contributed by atoms with Gasteiger partial charge in [0.1, 0.15) is 11.6 Å². The van der Waals surface area contributed by atoms with Crippen molar-refractivity contribution >= 4 is 33.4 Å². The lowest BCUT2D eigenvalue weighted by molar-refractivity contribution is -0.139. The number of esters is 1. The molecule has 0 spiro atoms. The number of aromatic nitrogens is 2. The molecule has 1 fully saturated rings. The summed E-state index contributed by atoms with van der Waals surface area (Å²) < 4.78 is 45.7. The number of methoxy groups -OCH3 is 1. The second-order valence-corrected chi connectivity index (χ2v) is 10.1. The van der Waals surface area contributed by atoms with Gasteiger partial charge in [-0.3, -0.25) is 4.79 Å². The van der Waals surface area contributed by atoms with Crippen LogP contribution in [0.4, 0.5) is 21.8 Å². The third kappa shape index (κ3) is 5.92. The Morgan fingerprint density at radius 2 is 1.77 bits per heavy atom. The van der Waals surface area contributed by atoms with Crippen molar-refractivity contribution in [3.63, 3.8) is 0 Å². The fourth-order valence-corrected chi connectivity index (χ4v) is 5.26. The number of hydrogen-bond donors (Lipinski definition) is 1. The molecule has 2 heterocycles. The first-order valence-electron chi connectivity index (χ1n) is 11.0. The molecule has 4 rings (SSSR count). The second kappa shape index (κ2) is 10.4. The van der Waals surface area contributed by atoms with Gasteiger partial charge in [0.05, 0.1) is 18.4 Å². The number of sulfonamides is 1. The van der Waals surface area contributed by atoms with Crippen LogP contribution in [0.25, 0.3) is 0 Å². The fourth-order valence-electron chi connectivity index (χ4n) is 3.77. The van der Waals surface area contributed by atoms with Crippen LogP contribution < -0.4 is 10.2 Å². The smallest absolute Gasteiger partial charge is 0.309 e. The molecule has 0 unspecified atom stereocenters. The predicted octanol–water partition coefficient (Wildman–Crippen LogP) is 2.89. The van der Waals surface area contributed by atoms with E-state index >= 15 is 0 Å². The maximum Gasteiger partial charge on any atom is 0.309 e. The Hall–Kier alpha value is -3.57. The van der Waals surface area contributed by atoms with Crippen LogP contribution >= 0.6 is 0 Å². The minimum Gasteiger partial charge on any atom is -0.469 e. The average Bonchev–Trinajstić information content (AvgIpc) is 2.85. The molecule has 0 saturated carbocycles. The number of ether oxygens (including phenoxy) is 1. The zero-order valence-electron chi connectivity index (χ0n) is 19.4. The van der Waals surface area contributed by atoms with Crippen LogP contribution in [0.3, 0.4) is 0 Å². The van der Waals surface area contributed by atoms with Crippen LogP contribution in [0.1, 0.15) is 11.3 Å². The van der Waals surface area contributed by atoms with E-state index in [1.807, 2.05) is 11.8 Å². The molecule has 1 aliphatic heterocycles. The van der Waals surface area contributed by atoms with E-state index in [1.54, 1.807) is 30.3 Å². The van der Waals surface area contributed by atoms with Gasteiger partial charge in [0.2, 0.25) is 16.0 Å². The van der Waals surface area contributed by atoms with Crippen LogP contribution in [-0.2, 0) is 26.0 Å². The monoisotopic (exact) mass is 499 g/mol. The van der Waals surface area contributed by atoms with Gasteiger partial charge in [-0.2, -0.15) is 9.29 Å². The number of nitrogens with one attached hydrogen (secondary N) is 1. The van der Waals surface area contributed by atoms with Crippen molar-refractivity contribution in [3.05, 3.63) is 71.7 Å². The van der Waals surface area contributed by atoms with Gasteiger partial charge in [-0.25, -0.2) is 17.8 Å². The van der Waals surface area contributed by atoms with E-state index in [0.29, 0.717) is 36.1 Å². The molecule has 1 saturated heterocycles. The van der Waals surface area contributed by atoms with Crippen LogP contribution in [-0.4, -0.2) is 61.9 Å². The molecule has 0 radical (unpaired) electrons. The molecular weight excluding hydrogens is 473 g/mol. The Labute approximate surface area is 203 Å². The third-order valence-corrected chi connectivity index (χ3v) is 7.49. The Morgan fingerprint density at radius 1 is 1.06 bits per heavy atom. The van der Waals surface area contributed by atoms with E-state index < -0.39 is 16.0 Å². The lowest BCUT2D eigenvalue weighted by Crippen LogP contribution is -2.49. The largest absolute Gasteiger partial charge is 0.469 e. The number of aryl methyl sites for hydroxylation is 1. The summed E-state index contributed by atoms with van der Waals surface area (Å²) in [5.74, 6) is 0.307. The highest BCUT2D eigenvalue weighted by molar-refractivity contribution is 7.89. The van der Waals surface area contributed by atoms with Crippen molar-refractivity contribution in [2.45, 2.75) is 18.2 Å². The number of piperazine rings is 1. The number of carbonyl (C=O) groups excluding carboxylic acids is 1. The molecule has 1 N–H and O–H groups in total. The molecule has 0 bridgehead atoms. The number of halogens is 1. The maximum absolute atomic E-state index is 13.2. The van der Waals surface area contributed by atoms with Crippen molar-refractivity contribution in [1.82, 2.24) is 14.3 Å². The summed E-state index contributed by atoms with van der Waals surface area (Å²) in [5, 5.41) is 3.15. The van der Waals surface area contributed by atoms with Crippen LogP contribution in [0.15, 0.2) is 59.5 Å². The van der Waals surface area contributed by atoms with Crippen LogP contribution in [0, 0.1) is 12.7 Å². The highest BCUT2D eigenvalue weighted by Crippen LogP contribution is 2.23. The number of anilines is 3. The highest BCUT2D eigenvalue weighted by Gasteiger charge is 2.29. The minimum atomic E-state index is -3.72. The van der Waals surface area contributed by atoms with Gasteiger partial charge in [0.15, 0.2) is 0 Å². The number of hydrogen-bond acceptors (Lipinski definition) is 8. The van der Waals surface area contributed by atoms with E-state index in [2.05, 4.69) is 20.0 Å². The van der Waals surface area contributed by atoms with Gasteiger partial charge in [0, 0.05) is 43.6 Å². The zero-order valence-corrected chi connectivity index (χ0v) is 20.3. The first kappa shape index (κ1) is 24.6. The van der Waals surface area contributed by atoms with Crippen LogP contribution in [0.5, 0.6) is 0 Å². The van der Waals surface area contributed by atoms with Crippen molar-refractivity contribution in [3.8, 4) is 0 Å². The quantitative estimate of drug-likeness (QED) is 0.495. The SMILES string of the molecule is COC(=O)Cc1cccc(S(=O)(=O)N2CCN(c3nc(C)cc(Nc4ccc(F)cc4)n3)CC2)c1. The van der Waals surface area contributed by atoms with Gasteiger partial charge in [-0.1, -0.05) is 12.1 Å². The summed E-state index contributed by atoms with van der Waals surface area (Å²) in [6.45, 7) is 3.22. The molecular formula is C24H26FN5O4S. The molecule has 184 valence electrons. The fraction of sp³-hybridized carbons (Fsp3) is 0.292. The summed E-state index contributed by atoms with van der Waals surface area (Å²) in [7, 11) is -2.43. The lowest BCUT2D eigenvalue weighted by atomic mass is 10.1. The van der Waals surface area contributed by atoms with Gasteiger partial charge in [-0.15, -0.1) is 0 Å². The van der Waals surface area contributed by atoms with Gasteiger partial charge in [-0.05, 0) is 48.9 Å². The Balaban J connectivity index is 1.45. The molecule has 2 aromatic carbocycles. The molecule has 35 heavy (non-hydrogen) atoms. The molecule has 0 aliphatic carbocycles. The van der Waals surface area contributed by atoms with Crippen LogP contribution in [0.2, 0.25) is 0 Å². The van der Waals surface area contributed by atoms with E-state index in [9.17, 15) is 17.6 Å². The predicted molar refractivity (Wildman–Crippen MR) is 130 cm³/mol. The Kier molecular flexibility index (Phi) is 7.27. The Bertz CT molecular complexity index is 1310. The van der Waals surface area contributed by atoms with E-state index in [-0.39, 0.29) is 30.2 Å². The molecule has 1 aliphatic rings. The lowest BCUT2D eigenvalue weighted by Gasteiger charge is -2.34. The van der Waals surface area contributed by atoms with Gasteiger partial charge in [0.25, 0.3) is 0 Å². The summed E-state index contributed by atoms with van der Waals surface area (Å²) in [5.41, 5.74) is 2.02. The maximum atomic E-state index is 13.2. The molecule has 0 atom stereocenters. The standard InChI is InChI=1S/C24H26FN5O4S/c1-17-14-22(27-20-8-6-19(25)7-9-20)28-24(26-17)29-10-12-30(13-11-29)35(32,33)21-5-3-4-18(15-21)16-23(31)34-2/h3-9,14-15H,10-13,16H2,1-2H3,(H,26,27,28). The number of rotatable bonds is 7. The first-order valence-corrected chi connectivity index (χ1v) is 12.5. The summed E-state index contributed by atoms with van der Waals surface area (Å²) in [6, 6.07) is 14.1. The molecule has 0 amide bonds. The number of nitrogens with zero attached hydrogens (tertiary/aromatic N) is 4. The van der Waals surface area contributed by atoms with Crippen molar-refractivity contribution in [2.24, 2.45) is 0 Å². The van der Waals surface area contributed by atoms with E-state index in [4.69, 9.17) is 0 Å². The molecule has 1 aromatic heterocycles. The second-order valence-electron chi connectivity index (χ2n) is 8.12. The zero-order chi connectivity index (χ0) is 25.0.